The van der Waals surface area contributed by atoms with Crippen LogP contribution in [0.2, 0.25) is 0 Å². The molecule has 7 heteroatoms. The third-order valence-corrected chi connectivity index (χ3v) is 2.56. The molecule has 7 nitrogen and oxygen atoms in total. The number of carbonyl (C=O) groups excluding carboxylic acids is 1. The molecule has 0 saturated heterocycles. The number of para-hydroxylation sites is 2. The summed E-state index contributed by atoms with van der Waals surface area (Å²) in [5.74, 6) is -0.865. The highest BCUT2D eigenvalue weighted by Gasteiger charge is 2.19. The topological polar surface area (TPSA) is 105 Å². The number of aliphatic hydroxyl groups excluding tert-OH is 1. The Morgan fingerprint density at radius 1 is 1.24 bits per heavy atom. The summed E-state index contributed by atoms with van der Waals surface area (Å²) < 4.78 is 10.7. The van der Waals surface area contributed by atoms with Crippen LogP contribution >= 0.6 is 0 Å². The van der Waals surface area contributed by atoms with E-state index < -0.39 is 17.9 Å². The Hall–Kier alpha value is -2.28. The van der Waals surface area contributed by atoms with Gasteiger partial charge in [-0.3, -0.25) is 4.79 Å². The summed E-state index contributed by atoms with van der Waals surface area (Å²) in [5, 5.41) is 19.9. The number of hydrogen-bond donors (Lipinski definition) is 3. The van der Waals surface area contributed by atoms with Crippen LogP contribution in [0.4, 0.5) is 0 Å². The molecular formula is C14H19NO6. The summed E-state index contributed by atoms with van der Waals surface area (Å²) in [4.78, 5) is 22.5. The van der Waals surface area contributed by atoms with Gasteiger partial charge in [0.25, 0.3) is 5.91 Å². The Bertz CT molecular complexity index is 476. The van der Waals surface area contributed by atoms with E-state index in [2.05, 4.69) is 5.32 Å². The van der Waals surface area contributed by atoms with Crippen molar-refractivity contribution in [1.29, 1.82) is 0 Å². The molecule has 21 heavy (non-hydrogen) atoms. The maximum atomic E-state index is 11.7. The van der Waals surface area contributed by atoms with Crippen molar-refractivity contribution in [2.24, 2.45) is 0 Å². The van der Waals surface area contributed by atoms with Crippen molar-refractivity contribution in [3.05, 3.63) is 24.3 Å². The van der Waals surface area contributed by atoms with E-state index in [4.69, 9.17) is 19.7 Å². The van der Waals surface area contributed by atoms with Gasteiger partial charge in [-0.25, -0.2) is 4.79 Å². The normalized spacial score (nSPS) is 11.5. The molecule has 1 aromatic rings. The lowest BCUT2D eigenvalue weighted by Crippen LogP contribution is -2.43. The highest BCUT2D eigenvalue weighted by Crippen LogP contribution is 2.26. The highest BCUT2D eigenvalue weighted by atomic mass is 16.5. The maximum Gasteiger partial charge on any atom is 0.326 e. The first-order valence-corrected chi connectivity index (χ1v) is 6.56. The molecule has 3 N–H and O–H groups in total. The van der Waals surface area contributed by atoms with Gasteiger partial charge in [-0.2, -0.15) is 0 Å². The maximum absolute atomic E-state index is 11.7. The summed E-state index contributed by atoms with van der Waals surface area (Å²) in [6.07, 6.45) is -0.0589. The number of aliphatic carboxylic acids is 1. The molecule has 0 heterocycles. The average molecular weight is 297 g/mol. The van der Waals surface area contributed by atoms with E-state index in [9.17, 15) is 9.59 Å². The smallest absolute Gasteiger partial charge is 0.326 e. The van der Waals surface area contributed by atoms with E-state index >= 15 is 0 Å². The number of carboxylic acid groups (broad SMARTS) is 1. The molecule has 0 aliphatic rings. The number of ether oxygens (including phenoxy) is 2. The largest absolute Gasteiger partial charge is 0.490 e. The number of aliphatic hydroxyl groups is 1. The number of carbonyl (C=O) groups is 2. The molecule has 0 bridgehead atoms. The van der Waals surface area contributed by atoms with Gasteiger partial charge in [-0.05, 0) is 19.1 Å². The Balaban J connectivity index is 2.54. The van der Waals surface area contributed by atoms with E-state index in [1.807, 2.05) is 6.92 Å². The molecule has 0 unspecified atom stereocenters. The van der Waals surface area contributed by atoms with Crippen molar-refractivity contribution < 1.29 is 29.3 Å². The van der Waals surface area contributed by atoms with Gasteiger partial charge in [0.1, 0.15) is 6.04 Å². The Kier molecular flexibility index (Phi) is 7.03. The van der Waals surface area contributed by atoms with E-state index in [-0.39, 0.29) is 19.6 Å². The second-order valence-corrected chi connectivity index (χ2v) is 4.14. The van der Waals surface area contributed by atoms with Crippen LogP contribution in [0.15, 0.2) is 24.3 Å². The summed E-state index contributed by atoms with van der Waals surface area (Å²) in [6, 6.07) is 5.75. The van der Waals surface area contributed by atoms with Crippen LogP contribution in [-0.4, -0.2) is 48.0 Å². The van der Waals surface area contributed by atoms with Crippen LogP contribution in [0.25, 0.3) is 0 Å². The van der Waals surface area contributed by atoms with Crippen LogP contribution in [0, 0.1) is 0 Å². The first-order chi connectivity index (χ1) is 10.1. The van der Waals surface area contributed by atoms with Crippen molar-refractivity contribution in [2.45, 2.75) is 19.4 Å². The third kappa shape index (κ3) is 5.70. The monoisotopic (exact) mass is 297 g/mol. The number of amides is 1. The van der Waals surface area contributed by atoms with E-state index in [0.717, 1.165) is 0 Å². The predicted molar refractivity (Wildman–Crippen MR) is 74.4 cm³/mol. The molecular weight excluding hydrogens is 278 g/mol. The molecule has 0 aliphatic heterocycles. The van der Waals surface area contributed by atoms with Gasteiger partial charge >= 0.3 is 5.97 Å². The lowest BCUT2D eigenvalue weighted by molar-refractivity contribution is -0.142. The van der Waals surface area contributed by atoms with Crippen LogP contribution < -0.4 is 14.8 Å². The van der Waals surface area contributed by atoms with Crippen molar-refractivity contribution in [3.8, 4) is 11.5 Å². The Labute approximate surface area is 122 Å². The van der Waals surface area contributed by atoms with Gasteiger partial charge in [0, 0.05) is 13.0 Å². The van der Waals surface area contributed by atoms with Crippen molar-refractivity contribution in [1.82, 2.24) is 5.32 Å². The molecule has 116 valence electrons. The highest BCUT2D eigenvalue weighted by molar-refractivity contribution is 5.84. The Morgan fingerprint density at radius 3 is 2.38 bits per heavy atom. The summed E-state index contributed by atoms with van der Waals surface area (Å²) in [5.41, 5.74) is 0. The van der Waals surface area contributed by atoms with Gasteiger partial charge in [-0.1, -0.05) is 12.1 Å². The third-order valence-electron chi connectivity index (χ3n) is 2.56. The second kappa shape index (κ2) is 8.80. The van der Waals surface area contributed by atoms with Crippen LogP contribution in [0.3, 0.4) is 0 Å². The van der Waals surface area contributed by atoms with Gasteiger partial charge in [-0.15, -0.1) is 0 Å². The predicted octanol–water partition coefficient (Wildman–Crippen LogP) is 0.416. The Morgan fingerprint density at radius 2 is 1.86 bits per heavy atom. The molecule has 1 aromatic carbocycles. The molecule has 0 spiro atoms. The zero-order chi connectivity index (χ0) is 15.7. The standard InChI is InChI=1S/C14H19NO6/c1-2-20-11-5-3-4-6-12(11)21-9-13(17)15-10(7-8-16)14(18)19/h3-6,10,16H,2,7-9H2,1H3,(H,15,17)(H,18,19)/t10-/m0/s1. The lowest BCUT2D eigenvalue weighted by Gasteiger charge is -2.14. The lowest BCUT2D eigenvalue weighted by atomic mass is 10.2. The number of carboxylic acids is 1. The first-order valence-electron chi connectivity index (χ1n) is 6.56. The van der Waals surface area contributed by atoms with Crippen LogP contribution in [-0.2, 0) is 9.59 Å². The molecule has 1 rings (SSSR count). The minimum absolute atomic E-state index is 0.0589. The van der Waals surface area contributed by atoms with E-state index in [0.29, 0.717) is 18.1 Å². The van der Waals surface area contributed by atoms with Crippen LogP contribution in [0.1, 0.15) is 13.3 Å². The molecule has 1 atom stereocenters. The molecule has 0 aliphatic carbocycles. The summed E-state index contributed by atoms with van der Waals surface area (Å²) in [6.45, 7) is 1.63. The zero-order valence-corrected chi connectivity index (χ0v) is 11.7. The SMILES string of the molecule is CCOc1ccccc1OCC(=O)N[C@@H](CCO)C(=O)O. The molecule has 0 fully saturated rings. The van der Waals surface area contributed by atoms with Gasteiger partial charge in [0.05, 0.1) is 6.61 Å². The summed E-state index contributed by atoms with van der Waals surface area (Å²) >= 11 is 0. The average Bonchev–Trinajstić information content (AvgIpc) is 2.46. The van der Waals surface area contributed by atoms with Crippen molar-refractivity contribution >= 4 is 11.9 Å². The minimum atomic E-state index is -1.20. The number of hydrogen-bond acceptors (Lipinski definition) is 5. The van der Waals surface area contributed by atoms with Crippen LogP contribution in [0.5, 0.6) is 11.5 Å². The number of nitrogens with one attached hydrogen (secondary N) is 1. The second-order valence-electron chi connectivity index (χ2n) is 4.14. The van der Waals surface area contributed by atoms with Gasteiger partial charge in [0.2, 0.25) is 0 Å². The molecule has 0 aromatic heterocycles. The number of benzene rings is 1. The fraction of sp³-hybridized carbons (Fsp3) is 0.429. The minimum Gasteiger partial charge on any atom is -0.490 e. The van der Waals surface area contributed by atoms with Gasteiger partial charge < -0.3 is 25.0 Å². The fourth-order valence-electron chi connectivity index (χ4n) is 1.61. The van der Waals surface area contributed by atoms with Gasteiger partial charge in [0.15, 0.2) is 18.1 Å². The summed E-state index contributed by atoms with van der Waals surface area (Å²) in [7, 11) is 0. The number of rotatable bonds is 9. The fourth-order valence-corrected chi connectivity index (χ4v) is 1.61. The van der Waals surface area contributed by atoms with Crippen molar-refractivity contribution in [2.75, 3.05) is 19.8 Å². The molecule has 0 saturated carbocycles. The zero-order valence-electron chi connectivity index (χ0n) is 11.7. The van der Waals surface area contributed by atoms with E-state index in [1.54, 1.807) is 24.3 Å². The first kappa shape index (κ1) is 16.8. The molecule has 1 amide bonds. The van der Waals surface area contributed by atoms with Crippen molar-refractivity contribution in [3.63, 3.8) is 0 Å². The van der Waals surface area contributed by atoms with E-state index in [1.165, 1.54) is 0 Å². The molecule has 0 radical (unpaired) electrons. The quantitative estimate of drug-likeness (QED) is 0.610.